The fraction of sp³-hybridized carbons (Fsp3) is 0.261. The Morgan fingerprint density at radius 3 is 2.58 bits per heavy atom. The molecule has 0 spiro atoms. The van der Waals surface area contributed by atoms with Gasteiger partial charge in [-0.05, 0) is 42.8 Å². The smallest absolute Gasteiger partial charge is 0.139 e. The molecule has 0 aliphatic carbocycles. The Hall–Kier alpha value is -2.28. The molecule has 0 saturated carbocycles. The number of aliphatic imine (C=N–C) groups is 1. The molecule has 0 radical (unpaired) electrons. The van der Waals surface area contributed by atoms with E-state index in [9.17, 15) is 4.39 Å². The lowest BCUT2D eigenvalue weighted by Crippen LogP contribution is -2.49. The maximum atomic E-state index is 13.9. The van der Waals surface area contributed by atoms with Crippen LogP contribution >= 0.6 is 35.3 Å². The van der Waals surface area contributed by atoms with Gasteiger partial charge in [0.05, 0.1) is 16.9 Å². The van der Waals surface area contributed by atoms with Gasteiger partial charge in [-0.1, -0.05) is 24.6 Å². The molecule has 162 valence electrons. The highest BCUT2D eigenvalue weighted by Gasteiger charge is 2.27. The van der Waals surface area contributed by atoms with Gasteiger partial charge in [-0.3, -0.25) is 0 Å². The van der Waals surface area contributed by atoms with Crippen LogP contribution in [0.25, 0.3) is 0 Å². The molecule has 1 fully saturated rings. The average molecular weight is 477 g/mol. The van der Waals surface area contributed by atoms with Crippen molar-refractivity contribution in [2.24, 2.45) is 4.99 Å². The zero-order chi connectivity index (χ0) is 20.7. The number of piperazine rings is 1. The van der Waals surface area contributed by atoms with Gasteiger partial charge in [-0.15, -0.1) is 23.7 Å². The van der Waals surface area contributed by atoms with Crippen LogP contribution in [0.3, 0.4) is 0 Å². The molecule has 2 aliphatic heterocycles. The number of thiophene rings is 1. The van der Waals surface area contributed by atoms with E-state index in [1.807, 2.05) is 18.2 Å². The van der Waals surface area contributed by atoms with E-state index in [1.54, 1.807) is 17.4 Å². The number of anilines is 3. The van der Waals surface area contributed by atoms with Gasteiger partial charge in [0.15, 0.2) is 0 Å². The largest absolute Gasteiger partial charge is 0.368 e. The third-order valence-corrected chi connectivity index (χ3v) is 6.99. The van der Waals surface area contributed by atoms with Crippen LogP contribution in [0.1, 0.15) is 17.4 Å². The SMILES string of the molecule is CCc1cc2c(s1)Nc1ccc(F)cc1N=C2N1CCN(c2cccc(Cl)c2)CC1.Cl. The molecule has 2 aromatic carbocycles. The van der Waals surface area contributed by atoms with Crippen molar-refractivity contribution in [2.75, 3.05) is 36.4 Å². The molecular formula is C23H23Cl2FN4S. The van der Waals surface area contributed by atoms with E-state index in [0.717, 1.165) is 65.4 Å². The third-order valence-electron chi connectivity index (χ3n) is 5.56. The molecule has 2 aliphatic rings. The monoisotopic (exact) mass is 476 g/mol. The number of benzene rings is 2. The van der Waals surface area contributed by atoms with Crippen molar-refractivity contribution in [3.63, 3.8) is 0 Å². The minimum absolute atomic E-state index is 0. The van der Waals surface area contributed by atoms with Crippen molar-refractivity contribution in [3.05, 3.63) is 69.8 Å². The Morgan fingerprint density at radius 1 is 1.06 bits per heavy atom. The van der Waals surface area contributed by atoms with Crippen LogP contribution in [0.2, 0.25) is 5.02 Å². The lowest BCUT2D eigenvalue weighted by atomic mass is 10.2. The van der Waals surface area contributed by atoms with Gasteiger partial charge in [0.1, 0.15) is 16.7 Å². The Kier molecular flexibility index (Phi) is 6.42. The highest BCUT2D eigenvalue weighted by Crippen LogP contribution is 2.40. The van der Waals surface area contributed by atoms with Crippen LogP contribution in [0, 0.1) is 5.82 Å². The summed E-state index contributed by atoms with van der Waals surface area (Å²) in [6, 6.07) is 15.0. The van der Waals surface area contributed by atoms with Gasteiger partial charge < -0.3 is 15.1 Å². The lowest BCUT2D eigenvalue weighted by molar-refractivity contribution is 0.387. The molecule has 3 heterocycles. The standard InChI is InChI=1S/C23H22ClFN4S.ClH/c1-2-18-14-19-22(26-21-13-16(25)6-7-20(21)27-23(19)30-18)29-10-8-28(9-11-29)17-5-3-4-15(24)12-17;/h3-7,12-14,27H,2,8-11H2,1H3;1H. The second-order valence-corrected chi connectivity index (χ2v) is 9.06. The minimum Gasteiger partial charge on any atom is -0.368 e. The summed E-state index contributed by atoms with van der Waals surface area (Å²) in [6.45, 7) is 5.60. The number of fused-ring (bicyclic) bond motifs is 2. The summed E-state index contributed by atoms with van der Waals surface area (Å²) in [6.07, 6.45) is 0.978. The molecule has 3 aromatic rings. The topological polar surface area (TPSA) is 30.9 Å². The molecule has 0 atom stereocenters. The summed E-state index contributed by atoms with van der Waals surface area (Å²) in [5.74, 6) is 0.646. The molecule has 8 heteroatoms. The van der Waals surface area contributed by atoms with Crippen molar-refractivity contribution < 1.29 is 4.39 Å². The highest BCUT2D eigenvalue weighted by atomic mass is 35.5. The van der Waals surface area contributed by atoms with Gasteiger partial charge in [0.2, 0.25) is 0 Å². The molecule has 1 N–H and O–H groups in total. The number of amidine groups is 1. The van der Waals surface area contributed by atoms with Crippen molar-refractivity contribution >= 4 is 63.2 Å². The lowest BCUT2D eigenvalue weighted by Gasteiger charge is -2.37. The number of aryl methyl sites for hydroxylation is 1. The summed E-state index contributed by atoms with van der Waals surface area (Å²) in [5, 5.41) is 5.31. The van der Waals surface area contributed by atoms with Crippen LogP contribution in [-0.4, -0.2) is 36.9 Å². The van der Waals surface area contributed by atoms with Gasteiger partial charge in [0, 0.05) is 47.8 Å². The number of rotatable bonds is 2. The van der Waals surface area contributed by atoms with Gasteiger partial charge in [-0.25, -0.2) is 9.38 Å². The van der Waals surface area contributed by atoms with Gasteiger partial charge in [0.25, 0.3) is 0 Å². The van der Waals surface area contributed by atoms with E-state index in [-0.39, 0.29) is 18.2 Å². The Balaban J connectivity index is 0.00000231. The fourth-order valence-corrected chi connectivity index (χ4v) is 5.15. The molecule has 0 unspecified atom stereocenters. The first-order valence-electron chi connectivity index (χ1n) is 10.1. The van der Waals surface area contributed by atoms with Gasteiger partial charge >= 0.3 is 0 Å². The molecule has 4 nitrogen and oxygen atoms in total. The summed E-state index contributed by atoms with van der Waals surface area (Å²) in [4.78, 5) is 10.9. The van der Waals surface area contributed by atoms with E-state index in [1.165, 1.54) is 17.0 Å². The number of nitrogens with one attached hydrogen (secondary N) is 1. The van der Waals surface area contributed by atoms with E-state index < -0.39 is 0 Å². The average Bonchev–Trinajstić information content (AvgIpc) is 3.10. The normalized spacial score (nSPS) is 15.3. The summed E-state index contributed by atoms with van der Waals surface area (Å²) >= 11 is 7.92. The Morgan fingerprint density at radius 2 is 1.84 bits per heavy atom. The van der Waals surface area contributed by atoms with Gasteiger partial charge in [-0.2, -0.15) is 0 Å². The molecule has 31 heavy (non-hydrogen) atoms. The van der Waals surface area contributed by atoms with Crippen molar-refractivity contribution in [3.8, 4) is 0 Å². The molecular weight excluding hydrogens is 454 g/mol. The Labute approximate surface area is 196 Å². The quantitative estimate of drug-likeness (QED) is 0.458. The van der Waals surface area contributed by atoms with E-state index >= 15 is 0 Å². The van der Waals surface area contributed by atoms with Crippen LogP contribution in [0.4, 0.5) is 26.5 Å². The van der Waals surface area contributed by atoms with Crippen LogP contribution in [0.5, 0.6) is 0 Å². The van der Waals surface area contributed by atoms with E-state index in [0.29, 0.717) is 5.69 Å². The van der Waals surface area contributed by atoms with Crippen LogP contribution in [-0.2, 0) is 6.42 Å². The molecule has 1 saturated heterocycles. The minimum atomic E-state index is -0.274. The molecule has 0 amide bonds. The maximum Gasteiger partial charge on any atom is 0.139 e. The highest BCUT2D eigenvalue weighted by molar-refractivity contribution is 7.16. The van der Waals surface area contributed by atoms with E-state index in [2.05, 4.69) is 34.2 Å². The van der Waals surface area contributed by atoms with Crippen LogP contribution in [0.15, 0.2) is 53.5 Å². The summed E-state index contributed by atoms with van der Waals surface area (Å²) < 4.78 is 13.9. The number of halogens is 3. The fourth-order valence-electron chi connectivity index (χ4n) is 3.97. The third kappa shape index (κ3) is 4.38. The maximum absolute atomic E-state index is 13.9. The molecule has 0 bridgehead atoms. The number of nitrogens with zero attached hydrogens (tertiary/aromatic N) is 3. The molecule has 5 rings (SSSR count). The predicted octanol–water partition coefficient (Wildman–Crippen LogP) is 6.48. The summed E-state index contributed by atoms with van der Waals surface area (Å²) in [5.41, 5.74) is 3.73. The first kappa shape index (κ1) is 21.9. The first-order valence-corrected chi connectivity index (χ1v) is 11.3. The van der Waals surface area contributed by atoms with Crippen molar-refractivity contribution in [1.29, 1.82) is 0 Å². The van der Waals surface area contributed by atoms with Crippen molar-refractivity contribution in [2.45, 2.75) is 13.3 Å². The van der Waals surface area contributed by atoms with E-state index in [4.69, 9.17) is 16.6 Å². The van der Waals surface area contributed by atoms with Crippen molar-refractivity contribution in [1.82, 2.24) is 4.90 Å². The Bertz CT molecular complexity index is 1120. The van der Waals surface area contributed by atoms with Crippen LogP contribution < -0.4 is 10.2 Å². The zero-order valence-electron chi connectivity index (χ0n) is 17.1. The number of hydrogen-bond acceptors (Lipinski definition) is 5. The molecule has 1 aromatic heterocycles. The second-order valence-electron chi connectivity index (χ2n) is 7.48. The number of hydrogen-bond donors (Lipinski definition) is 1. The summed E-state index contributed by atoms with van der Waals surface area (Å²) in [7, 11) is 0. The second kappa shape index (κ2) is 9.07. The zero-order valence-corrected chi connectivity index (χ0v) is 19.5. The first-order chi connectivity index (χ1) is 14.6. The predicted molar refractivity (Wildman–Crippen MR) is 132 cm³/mol.